The Morgan fingerprint density at radius 2 is 1.80 bits per heavy atom. The normalized spacial score (nSPS) is 10.3. The van der Waals surface area contributed by atoms with Gasteiger partial charge in [-0.15, -0.1) is 0 Å². The molecule has 0 heterocycles. The Balaban J connectivity index is 1.97. The monoisotopic (exact) mass is 444 g/mol. The van der Waals surface area contributed by atoms with E-state index in [-0.39, 0.29) is 28.1 Å². The summed E-state index contributed by atoms with van der Waals surface area (Å²) in [4.78, 5) is 24.1. The maximum Gasteiger partial charge on any atom is 0.251 e. The van der Waals surface area contributed by atoms with Crippen LogP contribution < -0.4 is 15.4 Å². The van der Waals surface area contributed by atoms with Gasteiger partial charge in [0.2, 0.25) is 5.91 Å². The molecule has 0 aliphatic rings. The third-order valence-corrected chi connectivity index (χ3v) is 4.77. The van der Waals surface area contributed by atoms with Crippen molar-refractivity contribution >= 4 is 56.6 Å². The number of hydrogen-bond donors (Lipinski definition) is 2. The predicted octanol–water partition coefficient (Wildman–Crippen LogP) is 4.44. The van der Waals surface area contributed by atoms with Gasteiger partial charge < -0.3 is 15.4 Å². The summed E-state index contributed by atoms with van der Waals surface area (Å²) in [6, 6.07) is 8.28. The summed E-state index contributed by atoms with van der Waals surface area (Å²) in [5.74, 6) is -0.516. The van der Waals surface area contributed by atoms with E-state index in [1.807, 2.05) is 19.1 Å². The lowest BCUT2D eigenvalue weighted by atomic mass is 10.2. The zero-order valence-corrected chi connectivity index (χ0v) is 16.6. The van der Waals surface area contributed by atoms with Crippen LogP contribution in [0.3, 0.4) is 0 Å². The van der Waals surface area contributed by atoms with Crippen LogP contribution >= 0.6 is 39.1 Å². The topological polar surface area (TPSA) is 67.4 Å². The number of amides is 2. The molecule has 0 bridgehead atoms. The highest BCUT2D eigenvalue weighted by atomic mass is 79.9. The van der Waals surface area contributed by atoms with E-state index in [0.717, 1.165) is 10.0 Å². The highest BCUT2D eigenvalue weighted by Crippen LogP contribution is 2.33. The molecule has 0 radical (unpaired) electrons. The first-order chi connectivity index (χ1) is 11.8. The molecule has 2 aromatic rings. The number of hydrogen-bond acceptors (Lipinski definition) is 3. The van der Waals surface area contributed by atoms with Crippen LogP contribution in [0.15, 0.2) is 34.8 Å². The summed E-state index contributed by atoms with van der Waals surface area (Å²) < 4.78 is 5.98. The lowest BCUT2D eigenvalue weighted by molar-refractivity contribution is -0.115. The predicted molar refractivity (Wildman–Crippen MR) is 103 cm³/mol. The van der Waals surface area contributed by atoms with E-state index in [1.165, 1.54) is 19.2 Å². The van der Waals surface area contributed by atoms with Crippen molar-refractivity contribution in [2.24, 2.45) is 0 Å². The molecule has 132 valence electrons. The van der Waals surface area contributed by atoms with Crippen molar-refractivity contribution in [3.63, 3.8) is 0 Å². The molecule has 5 nitrogen and oxygen atoms in total. The molecule has 0 saturated carbocycles. The molecule has 2 rings (SSSR count). The van der Waals surface area contributed by atoms with Gasteiger partial charge in [-0.1, -0.05) is 39.1 Å². The molecule has 0 atom stereocenters. The molecule has 25 heavy (non-hydrogen) atoms. The molecule has 2 N–H and O–H groups in total. The first-order valence-electron chi connectivity index (χ1n) is 7.19. The van der Waals surface area contributed by atoms with Crippen molar-refractivity contribution < 1.29 is 14.3 Å². The second-order valence-electron chi connectivity index (χ2n) is 5.17. The third-order valence-electron chi connectivity index (χ3n) is 3.32. The summed E-state index contributed by atoms with van der Waals surface area (Å²) in [6.07, 6.45) is 0. The summed E-state index contributed by atoms with van der Waals surface area (Å²) in [5, 5.41) is 5.66. The maximum absolute atomic E-state index is 12.1. The molecule has 0 aromatic heterocycles. The minimum atomic E-state index is -0.464. The number of nitrogens with one attached hydrogen (secondary N) is 2. The number of aryl methyl sites for hydroxylation is 1. The van der Waals surface area contributed by atoms with Crippen LogP contribution in [-0.2, 0) is 4.79 Å². The highest BCUT2D eigenvalue weighted by Gasteiger charge is 2.14. The minimum absolute atomic E-state index is 0.185. The fraction of sp³-hybridized carbons (Fsp3) is 0.176. The summed E-state index contributed by atoms with van der Waals surface area (Å²) in [7, 11) is 1.43. The Kier molecular flexibility index (Phi) is 6.70. The quantitative estimate of drug-likeness (QED) is 0.714. The van der Waals surface area contributed by atoms with Gasteiger partial charge in [0.05, 0.1) is 23.7 Å². The van der Waals surface area contributed by atoms with Crippen molar-refractivity contribution in [2.45, 2.75) is 6.92 Å². The average Bonchev–Trinajstić information content (AvgIpc) is 2.55. The highest BCUT2D eigenvalue weighted by molar-refractivity contribution is 9.10. The number of carbonyl (C=O) groups excluding carboxylic acids is 2. The first kappa shape index (κ1) is 19.6. The standard InChI is InChI=1S/C17H15BrCl2N2O3/c1-9-5-11(3-4-12(9)18)22-15(23)8-21-17(24)10-6-13(19)16(25-2)14(20)7-10/h3-7H,8H2,1-2H3,(H,21,24)(H,22,23). The van der Waals surface area contributed by atoms with Crippen LogP contribution in [0.5, 0.6) is 5.75 Å². The first-order valence-corrected chi connectivity index (χ1v) is 8.74. The van der Waals surface area contributed by atoms with E-state index in [4.69, 9.17) is 27.9 Å². The van der Waals surface area contributed by atoms with Crippen LogP contribution in [0, 0.1) is 6.92 Å². The summed E-state index contributed by atoms with van der Waals surface area (Å²) in [5.41, 5.74) is 1.88. The lowest BCUT2D eigenvalue weighted by Gasteiger charge is -2.10. The third kappa shape index (κ3) is 5.11. The SMILES string of the molecule is COc1c(Cl)cc(C(=O)NCC(=O)Nc2ccc(Br)c(C)c2)cc1Cl. The van der Waals surface area contributed by atoms with Gasteiger partial charge in [0, 0.05) is 15.7 Å². The van der Waals surface area contributed by atoms with E-state index >= 15 is 0 Å². The number of halogens is 3. The molecule has 0 aliphatic heterocycles. The summed E-state index contributed by atoms with van der Waals surface area (Å²) in [6.45, 7) is 1.73. The minimum Gasteiger partial charge on any atom is -0.494 e. The van der Waals surface area contributed by atoms with Crippen molar-refractivity contribution in [2.75, 3.05) is 19.0 Å². The van der Waals surface area contributed by atoms with Gasteiger partial charge in [-0.25, -0.2) is 0 Å². The van der Waals surface area contributed by atoms with Gasteiger partial charge in [-0.05, 0) is 42.8 Å². The van der Waals surface area contributed by atoms with Crippen LogP contribution in [0.25, 0.3) is 0 Å². The van der Waals surface area contributed by atoms with Crippen LogP contribution in [-0.4, -0.2) is 25.5 Å². The number of benzene rings is 2. The number of ether oxygens (including phenoxy) is 1. The average molecular weight is 446 g/mol. The molecule has 0 unspecified atom stereocenters. The largest absolute Gasteiger partial charge is 0.494 e. The van der Waals surface area contributed by atoms with Crippen molar-refractivity contribution in [3.05, 3.63) is 56.0 Å². The fourth-order valence-corrected chi connectivity index (χ4v) is 2.96. The zero-order chi connectivity index (χ0) is 18.6. The number of rotatable bonds is 5. The Morgan fingerprint density at radius 3 is 2.36 bits per heavy atom. The molecule has 0 fully saturated rings. The second kappa shape index (κ2) is 8.56. The van der Waals surface area contributed by atoms with Gasteiger partial charge in [0.25, 0.3) is 5.91 Å². The van der Waals surface area contributed by atoms with Gasteiger partial charge in [-0.2, -0.15) is 0 Å². The Hall–Kier alpha value is -1.76. The molecular formula is C17H15BrCl2N2O3. The van der Waals surface area contributed by atoms with E-state index in [1.54, 1.807) is 6.07 Å². The lowest BCUT2D eigenvalue weighted by Crippen LogP contribution is -2.32. The number of carbonyl (C=O) groups is 2. The van der Waals surface area contributed by atoms with Crippen molar-refractivity contribution in [1.82, 2.24) is 5.32 Å². The van der Waals surface area contributed by atoms with E-state index in [2.05, 4.69) is 26.6 Å². The Morgan fingerprint density at radius 1 is 1.16 bits per heavy atom. The van der Waals surface area contributed by atoms with Crippen LogP contribution in [0.1, 0.15) is 15.9 Å². The van der Waals surface area contributed by atoms with E-state index in [0.29, 0.717) is 11.4 Å². The Labute approximate surface area is 163 Å². The van der Waals surface area contributed by atoms with Gasteiger partial charge in [-0.3, -0.25) is 9.59 Å². The van der Waals surface area contributed by atoms with Crippen molar-refractivity contribution in [1.29, 1.82) is 0 Å². The van der Waals surface area contributed by atoms with Crippen LogP contribution in [0.4, 0.5) is 5.69 Å². The zero-order valence-electron chi connectivity index (χ0n) is 13.5. The maximum atomic E-state index is 12.1. The second-order valence-corrected chi connectivity index (χ2v) is 6.84. The van der Waals surface area contributed by atoms with Gasteiger partial charge in [0.15, 0.2) is 5.75 Å². The molecular weight excluding hydrogens is 431 g/mol. The molecule has 2 aromatic carbocycles. The molecule has 0 aliphatic carbocycles. The fourth-order valence-electron chi connectivity index (χ4n) is 2.08. The van der Waals surface area contributed by atoms with E-state index in [9.17, 15) is 9.59 Å². The van der Waals surface area contributed by atoms with Gasteiger partial charge >= 0.3 is 0 Å². The molecule has 8 heteroatoms. The summed E-state index contributed by atoms with van der Waals surface area (Å²) >= 11 is 15.4. The number of anilines is 1. The molecule has 0 spiro atoms. The number of methoxy groups -OCH3 is 1. The molecule has 2 amide bonds. The van der Waals surface area contributed by atoms with E-state index < -0.39 is 5.91 Å². The molecule has 0 saturated heterocycles. The smallest absolute Gasteiger partial charge is 0.251 e. The van der Waals surface area contributed by atoms with Crippen molar-refractivity contribution in [3.8, 4) is 5.75 Å². The van der Waals surface area contributed by atoms with Crippen LogP contribution in [0.2, 0.25) is 10.0 Å². The Bertz CT molecular complexity index is 805. The van der Waals surface area contributed by atoms with Gasteiger partial charge in [0.1, 0.15) is 0 Å².